The van der Waals surface area contributed by atoms with Crippen LogP contribution >= 0.6 is 0 Å². The molecule has 0 aliphatic rings. The van der Waals surface area contributed by atoms with E-state index in [2.05, 4.69) is 43.5 Å². The quantitative estimate of drug-likeness (QED) is 0.0320. The monoisotopic (exact) mass is 1010 g/mol. The number of unbranched alkanes of at least 4 members (excludes halogenated alkanes) is 45. The second-order valence-electron chi connectivity index (χ2n) is 22.1. The largest absolute Gasteiger partial charge is 0.465 e. The SMILES string of the molecule is CCCCCCCCCCCCCCCCCCCCCCC/C=C/C(O)C(CO)NC(=O)CCCCCCCCCCCCCCCC/C=C\C/C=C\CCOC(=O)CCCCCCCCCCCCC. The lowest BCUT2D eigenvalue weighted by Crippen LogP contribution is -2.45. The maximum Gasteiger partial charge on any atom is 0.305 e. The van der Waals surface area contributed by atoms with Gasteiger partial charge in [0.05, 0.1) is 25.4 Å². The van der Waals surface area contributed by atoms with Crippen LogP contribution in [0.4, 0.5) is 0 Å². The first-order valence-corrected chi connectivity index (χ1v) is 32.3. The van der Waals surface area contributed by atoms with Gasteiger partial charge in [-0.25, -0.2) is 0 Å². The van der Waals surface area contributed by atoms with Crippen molar-refractivity contribution in [2.24, 2.45) is 0 Å². The summed E-state index contributed by atoms with van der Waals surface area (Å²) in [6.45, 7) is 4.81. The van der Waals surface area contributed by atoms with E-state index >= 15 is 0 Å². The minimum absolute atomic E-state index is 0.0359. The third-order valence-electron chi connectivity index (χ3n) is 14.9. The highest BCUT2D eigenvalue weighted by molar-refractivity contribution is 5.76. The van der Waals surface area contributed by atoms with E-state index in [4.69, 9.17) is 4.74 Å². The molecule has 0 aromatic heterocycles. The van der Waals surface area contributed by atoms with Gasteiger partial charge in [-0.1, -0.05) is 320 Å². The number of hydrogen-bond donors (Lipinski definition) is 3. The van der Waals surface area contributed by atoms with Crippen molar-refractivity contribution in [3.05, 3.63) is 36.5 Å². The van der Waals surface area contributed by atoms with Gasteiger partial charge in [0.25, 0.3) is 0 Å². The number of amides is 1. The number of carbonyl (C=O) groups excluding carboxylic acids is 2. The number of esters is 1. The molecule has 0 saturated carbocycles. The standard InChI is InChI=1S/C66H125NO5/c1-3-5-7-9-11-13-15-16-17-18-19-20-21-23-26-29-32-35-39-42-46-50-54-58-64(69)63(62-68)67-65(70)59-55-51-47-43-40-36-33-30-27-24-22-25-28-31-34-37-41-45-49-53-57-61-72-66(71)60-56-52-48-44-38-14-12-10-8-6-4-2/h37,41,49,53-54,58,63-64,68-69H,3-36,38-40,42-48,50-52,55-57,59-62H2,1-2H3,(H,67,70)/b41-37-,53-49-,58-54+. The predicted molar refractivity (Wildman–Crippen MR) is 315 cm³/mol. The number of rotatable bonds is 60. The summed E-state index contributed by atoms with van der Waals surface area (Å²) in [5.41, 5.74) is 0. The van der Waals surface area contributed by atoms with E-state index in [0.717, 1.165) is 51.4 Å². The number of aliphatic hydroxyl groups is 2. The Morgan fingerprint density at radius 3 is 1.06 bits per heavy atom. The van der Waals surface area contributed by atoms with Gasteiger partial charge in [-0.2, -0.15) is 0 Å². The van der Waals surface area contributed by atoms with Crippen molar-refractivity contribution in [1.82, 2.24) is 5.32 Å². The maximum atomic E-state index is 12.5. The van der Waals surface area contributed by atoms with E-state index < -0.39 is 12.1 Å². The van der Waals surface area contributed by atoms with Gasteiger partial charge >= 0.3 is 5.97 Å². The minimum atomic E-state index is -0.849. The maximum absolute atomic E-state index is 12.5. The molecule has 0 aromatic carbocycles. The van der Waals surface area contributed by atoms with Crippen LogP contribution in [-0.4, -0.2) is 47.4 Å². The number of nitrogens with one attached hydrogen (secondary N) is 1. The third kappa shape index (κ3) is 57.4. The third-order valence-corrected chi connectivity index (χ3v) is 14.9. The fraction of sp³-hybridized carbons (Fsp3) is 0.879. The Morgan fingerprint density at radius 1 is 0.389 bits per heavy atom. The molecule has 6 nitrogen and oxygen atoms in total. The highest BCUT2D eigenvalue weighted by Crippen LogP contribution is 2.18. The number of aliphatic hydroxyl groups excluding tert-OH is 2. The lowest BCUT2D eigenvalue weighted by Gasteiger charge is -2.20. The molecule has 1 amide bonds. The summed E-state index contributed by atoms with van der Waals surface area (Å²) < 4.78 is 5.40. The molecule has 424 valence electrons. The van der Waals surface area contributed by atoms with Crippen LogP contribution in [0.25, 0.3) is 0 Å². The highest BCUT2D eigenvalue weighted by Gasteiger charge is 2.18. The molecule has 0 aromatic rings. The second-order valence-corrected chi connectivity index (χ2v) is 22.1. The smallest absolute Gasteiger partial charge is 0.305 e. The zero-order chi connectivity index (χ0) is 52.2. The predicted octanol–water partition coefficient (Wildman–Crippen LogP) is 20.4. The minimum Gasteiger partial charge on any atom is -0.465 e. The molecule has 6 heteroatoms. The van der Waals surface area contributed by atoms with Crippen LogP contribution in [0.3, 0.4) is 0 Å². The van der Waals surface area contributed by atoms with Crippen LogP contribution in [0.5, 0.6) is 0 Å². The fourth-order valence-electron chi connectivity index (χ4n) is 10.0. The van der Waals surface area contributed by atoms with Gasteiger partial charge < -0.3 is 20.3 Å². The lowest BCUT2D eigenvalue weighted by molar-refractivity contribution is -0.143. The summed E-state index contributed by atoms with van der Waals surface area (Å²) in [5.74, 6) is -0.105. The lowest BCUT2D eigenvalue weighted by atomic mass is 10.0. The molecule has 2 atom stereocenters. The molecule has 0 rings (SSSR count). The van der Waals surface area contributed by atoms with Crippen molar-refractivity contribution in [3.8, 4) is 0 Å². The van der Waals surface area contributed by atoms with Crippen LogP contribution < -0.4 is 5.32 Å². The first-order chi connectivity index (χ1) is 35.5. The summed E-state index contributed by atoms with van der Waals surface area (Å²) in [4.78, 5) is 24.5. The molecule has 2 unspecified atom stereocenters. The van der Waals surface area contributed by atoms with Gasteiger partial charge in [0.2, 0.25) is 5.91 Å². The Bertz CT molecular complexity index is 1170. The first-order valence-electron chi connectivity index (χ1n) is 32.3. The fourth-order valence-corrected chi connectivity index (χ4v) is 10.0. The van der Waals surface area contributed by atoms with E-state index in [0.29, 0.717) is 19.4 Å². The van der Waals surface area contributed by atoms with Gasteiger partial charge in [-0.05, 0) is 51.4 Å². The van der Waals surface area contributed by atoms with Gasteiger partial charge in [-0.15, -0.1) is 0 Å². The molecule has 0 fully saturated rings. The van der Waals surface area contributed by atoms with Crippen LogP contribution in [0, 0.1) is 0 Å². The zero-order valence-corrected chi connectivity index (χ0v) is 48.4. The second kappa shape index (κ2) is 61.6. The Labute approximate surface area is 449 Å². The van der Waals surface area contributed by atoms with E-state index in [1.54, 1.807) is 6.08 Å². The summed E-state index contributed by atoms with van der Waals surface area (Å²) in [5, 5.41) is 23.2. The average molecular weight is 1010 g/mol. The van der Waals surface area contributed by atoms with Gasteiger partial charge in [0, 0.05) is 12.8 Å². The Kier molecular flexibility index (Phi) is 60.0. The molecular formula is C66H125NO5. The van der Waals surface area contributed by atoms with Crippen molar-refractivity contribution < 1.29 is 24.5 Å². The summed E-state index contributed by atoms with van der Waals surface area (Å²) in [6.07, 6.45) is 77.8. The van der Waals surface area contributed by atoms with Crippen LogP contribution in [0.1, 0.15) is 348 Å². The van der Waals surface area contributed by atoms with E-state index in [9.17, 15) is 19.8 Å². The number of carbonyl (C=O) groups is 2. The van der Waals surface area contributed by atoms with Crippen molar-refractivity contribution in [2.45, 2.75) is 360 Å². The molecule has 0 heterocycles. The van der Waals surface area contributed by atoms with Gasteiger partial charge in [0.15, 0.2) is 0 Å². The topological polar surface area (TPSA) is 95.9 Å². The van der Waals surface area contributed by atoms with Gasteiger partial charge in [0.1, 0.15) is 0 Å². The van der Waals surface area contributed by atoms with E-state index in [1.165, 1.54) is 270 Å². The summed E-state index contributed by atoms with van der Waals surface area (Å²) >= 11 is 0. The van der Waals surface area contributed by atoms with Crippen molar-refractivity contribution >= 4 is 11.9 Å². The first kappa shape index (κ1) is 70.1. The number of ether oxygens (including phenoxy) is 1. The van der Waals surface area contributed by atoms with E-state index in [1.807, 2.05) is 6.08 Å². The van der Waals surface area contributed by atoms with E-state index in [-0.39, 0.29) is 18.5 Å². The van der Waals surface area contributed by atoms with Gasteiger partial charge in [-0.3, -0.25) is 9.59 Å². The van der Waals surface area contributed by atoms with Crippen molar-refractivity contribution in [2.75, 3.05) is 13.2 Å². The molecule has 0 bridgehead atoms. The molecule has 0 radical (unpaired) electrons. The zero-order valence-electron chi connectivity index (χ0n) is 48.4. The molecule has 0 aliphatic carbocycles. The molecule has 0 aliphatic heterocycles. The normalized spacial score (nSPS) is 12.8. The Morgan fingerprint density at radius 2 is 0.694 bits per heavy atom. The number of hydrogen-bond acceptors (Lipinski definition) is 5. The molecule has 0 spiro atoms. The molecular weight excluding hydrogens is 887 g/mol. The van der Waals surface area contributed by atoms with Crippen LogP contribution in [0.15, 0.2) is 36.5 Å². The Balaban J connectivity index is 3.48. The highest BCUT2D eigenvalue weighted by atomic mass is 16.5. The van der Waals surface area contributed by atoms with Crippen molar-refractivity contribution in [1.29, 1.82) is 0 Å². The summed E-state index contributed by atoms with van der Waals surface area (Å²) in [7, 11) is 0. The van der Waals surface area contributed by atoms with Crippen molar-refractivity contribution in [3.63, 3.8) is 0 Å². The average Bonchev–Trinajstić information content (AvgIpc) is 3.38. The van der Waals surface area contributed by atoms with Crippen LogP contribution in [-0.2, 0) is 14.3 Å². The Hall–Kier alpha value is -1.92. The van der Waals surface area contributed by atoms with Crippen LogP contribution in [0.2, 0.25) is 0 Å². The molecule has 72 heavy (non-hydrogen) atoms. The number of allylic oxidation sites excluding steroid dienone is 4. The summed E-state index contributed by atoms with van der Waals surface area (Å²) in [6, 6.07) is -0.633. The molecule has 0 saturated heterocycles. The molecule has 3 N–H and O–H groups in total.